The molecule has 1 aromatic carbocycles. The zero-order valence-electron chi connectivity index (χ0n) is 11.4. The van der Waals surface area contributed by atoms with Gasteiger partial charge in [-0.15, -0.1) is 0 Å². The minimum atomic E-state index is -0.385. The number of nitrogens with two attached hydrogens (primary N) is 1. The van der Waals surface area contributed by atoms with Gasteiger partial charge in [0, 0.05) is 21.6 Å². The average molecular weight is 392 g/mol. The van der Waals surface area contributed by atoms with E-state index in [1.54, 1.807) is 12.1 Å². The van der Waals surface area contributed by atoms with E-state index >= 15 is 0 Å². The van der Waals surface area contributed by atoms with Crippen molar-refractivity contribution in [3.05, 3.63) is 50.3 Å². The predicted molar refractivity (Wildman–Crippen MR) is 92.5 cm³/mol. The number of fused-ring (bicyclic) bond motifs is 3. The molecule has 4 rings (SSSR count). The SMILES string of the molecule is Nc1cc(-c2nc3c(oc4ccc(Br)cc43)c(=O)[nH]2)c(Cl)cn1. The molecular weight excluding hydrogens is 384 g/mol. The zero-order chi connectivity index (χ0) is 16.1. The summed E-state index contributed by atoms with van der Waals surface area (Å²) in [5.74, 6) is 0.594. The van der Waals surface area contributed by atoms with Crippen molar-refractivity contribution < 1.29 is 4.42 Å². The molecule has 0 aliphatic rings. The topological polar surface area (TPSA) is 97.8 Å². The van der Waals surface area contributed by atoms with Gasteiger partial charge in [-0.25, -0.2) is 9.97 Å². The first-order chi connectivity index (χ1) is 11.0. The molecule has 0 bridgehead atoms. The molecular formula is C15H8BrClN4O2. The van der Waals surface area contributed by atoms with Gasteiger partial charge in [-0.2, -0.15) is 0 Å². The van der Waals surface area contributed by atoms with Crippen molar-refractivity contribution in [3.63, 3.8) is 0 Å². The predicted octanol–water partition coefficient (Wildman–Crippen LogP) is 3.73. The average Bonchev–Trinajstić information content (AvgIpc) is 2.88. The third kappa shape index (κ3) is 2.29. The number of anilines is 1. The van der Waals surface area contributed by atoms with E-state index in [0.29, 0.717) is 27.5 Å². The van der Waals surface area contributed by atoms with Crippen molar-refractivity contribution in [3.8, 4) is 11.4 Å². The van der Waals surface area contributed by atoms with Crippen LogP contribution in [0.3, 0.4) is 0 Å². The summed E-state index contributed by atoms with van der Waals surface area (Å²) in [7, 11) is 0. The summed E-state index contributed by atoms with van der Waals surface area (Å²) in [5.41, 5.74) is 7.02. The van der Waals surface area contributed by atoms with Crippen LogP contribution in [0, 0.1) is 0 Å². The smallest absolute Gasteiger partial charge is 0.294 e. The van der Waals surface area contributed by atoms with Crippen LogP contribution in [0.5, 0.6) is 0 Å². The lowest BCUT2D eigenvalue weighted by Crippen LogP contribution is -2.08. The van der Waals surface area contributed by atoms with Crippen LogP contribution in [0.1, 0.15) is 0 Å². The molecule has 0 unspecified atom stereocenters. The number of nitrogen functional groups attached to an aromatic ring is 1. The standard InChI is InChI=1S/C15H8BrClN4O2/c16-6-1-2-10-8(3-6)12-13(23-10)15(22)21-14(20-12)7-4-11(18)19-5-9(7)17/h1-5H,(H2,18,19)(H,20,21,22). The second-order valence-electron chi connectivity index (χ2n) is 4.92. The van der Waals surface area contributed by atoms with Crippen LogP contribution in [0.4, 0.5) is 5.82 Å². The van der Waals surface area contributed by atoms with Gasteiger partial charge in [0.05, 0.1) is 5.02 Å². The third-order valence-corrected chi connectivity index (χ3v) is 4.21. The summed E-state index contributed by atoms with van der Waals surface area (Å²) in [6.45, 7) is 0. The number of benzene rings is 1. The van der Waals surface area contributed by atoms with E-state index in [1.807, 2.05) is 12.1 Å². The van der Waals surface area contributed by atoms with Gasteiger partial charge >= 0.3 is 0 Å². The molecule has 0 aliphatic carbocycles. The van der Waals surface area contributed by atoms with Gasteiger partial charge in [0.1, 0.15) is 22.7 Å². The second-order valence-corrected chi connectivity index (χ2v) is 6.25. The summed E-state index contributed by atoms with van der Waals surface area (Å²) in [6, 6.07) is 7.02. The molecule has 6 nitrogen and oxygen atoms in total. The molecule has 0 fully saturated rings. The van der Waals surface area contributed by atoms with Gasteiger partial charge in [0.25, 0.3) is 5.56 Å². The Balaban J connectivity index is 2.10. The highest BCUT2D eigenvalue weighted by molar-refractivity contribution is 9.10. The maximum atomic E-state index is 12.3. The van der Waals surface area contributed by atoms with Crippen molar-refractivity contribution in [2.75, 3.05) is 5.73 Å². The summed E-state index contributed by atoms with van der Waals surface area (Å²) in [4.78, 5) is 23.4. The molecule has 0 aliphatic heterocycles. The quantitative estimate of drug-likeness (QED) is 0.515. The third-order valence-electron chi connectivity index (χ3n) is 3.42. The summed E-state index contributed by atoms with van der Waals surface area (Å²) in [5, 5.41) is 1.08. The Kier molecular flexibility index (Phi) is 3.14. The number of rotatable bonds is 1. The van der Waals surface area contributed by atoms with E-state index in [-0.39, 0.29) is 17.0 Å². The minimum absolute atomic E-state index is 0.167. The molecule has 114 valence electrons. The Morgan fingerprint density at radius 1 is 1.30 bits per heavy atom. The van der Waals surface area contributed by atoms with Gasteiger partial charge < -0.3 is 15.1 Å². The maximum absolute atomic E-state index is 12.3. The number of nitrogens with one attached hydrogen (secondary N) is 1. The van der Waals surface area contributed by atoms with E-state index in [1.165, 1.54) is 6.20 Å². The van der Waals surface area contributed by atoms with Crippen LogP contribution in [-0.4, -0.2) is 15.0 Å². The molecule has 0 spiro atoms. The lowest BCUT2D eigenvalue weighted by atomic mass is 10.2. The van der Waals surface area contributed by atoms with Crippen molar-refractivity contribution >= 4 is 55.4 Å². The van der Waals surface area contributed by atoms with Gasteiger partial charge in [0.15, 0.2) is 0 Å². The first-order valence-electron chi connectivity index (χ1n) is 6.56. The molecule has 3 aromatic heterocycles. The Labute approximate surface area is 142 Å². The molecule has 0 atom stereocenters. The van der Waals surface area contributed by atoms with Crippen LogP contribution < -0.4 is 11.3 Å². The van der Waals surface area contributed by atoms with Crippen molar-refractivity contribution in [2.45, 2.75) is 0 Å². The number of aromatic amines is 1. The number of nitrogens with zero attached hydrogens (tertiary/aromatic N) is 2. The zero-order valence-corrected chi connectivity index (χ0v) is 13.8. The van der Waals surface area contributed by atoms with Crippen LogP contribution in [-0.2, 0) is 0 Å². The van der Waals surface area contributed by atoms with Crippen LogP contribution in [0.25, 0.3) is 33.5 Å². The highest BCUT2D eigenvalue weighted by Crippen LogP contribution is 2.31. The number of hydrogen-bond acceptors (Lipinski definition) is 5. The first kappa shape index (κ1) is 14.2. The van der Waals surface area contributed by atoms with Crippen LogP contribution in [0.15, 0.2) is 44.1 Å². The molecule has 4 aromatic rings. The number of aromatic nitrogens is 3. The Hall–Kier alpha value is -2.38. The lowest BCUT2D eigenvalue weighted by molar-refractivity contribution is 0.661. The maximum Gasteiger partial charge on any atom is 0.294 e. The minimum Gasteiger partial charge on any atom is -0.449 e. The van der Waals surface area contributed by atoms with Gasteiger partial charge in [-0.1, -0.05) is 27.5 Å². The molecule has 3 N–H and O–H groups in total. The molecule has 23 heavy (non-hydrogen) atoms. The van der Waals surface area contributed by atoms with Crippen molar-refractivity contribution in [2.24, 2.45) is 0 Å². The largest absolute Gasteiger partial charge is 0.449 e. The van der Waals surface area contributed by atoms with Crippen LogP contribution in [0.2, 0.25) is 5.02 Å². The van der Waals surface area contributed by atoms with Gasteiger partial charge in [-0.05, 0) is 24.3 Å². The molecule has 0 saturated heterocycles. The number of furan rings is 1. The number of pyridine rings is 1. The normalized spacial score (nSPS) is 11.4. The molecule has 0 radical (unpaired) electrons. The monoisotopic (exact) mass is 390 g/mol. The van der Waals surface area contributed by atoms with Crippen molar-refractivity contribution in [1.29, 1.82) is 0 Å². The molecule has 0 amide bonds. The number of halogens is 2. The number of H-pyrrole nitrogens is 1. The van der Waals surface area contributed by atoms with Gasteiger partial charge in [-0.3, -0.25) is 4.79 Å². The van der Waals surface area contributed by atoms with E-state index in [9.17, 15) is 4.79 Å². The van der Waals surface area contributed by atoms with Gasteiger partial charge in [0.2, 0.25) is 5.58 Å². The summed E-state index contributed by atoms with van der Waals surface area (Å²) >= 11 is 9.55. The van der Waals surface area contributed by atoms with E-state index in [4.69, 9.17) is 21.8 Å². The highest BCUT2D eigenvalue weighted by Gasteiger charge is 2.16. The Morgan fingerprint density at radius 2 is 2.13 bits per heavy atom. The van der Waals surface area contributed by atoms with Crippen molar-refractivity contribution in [1.82, 2.24) is 15.0 Å². The van der Waals surface area contributed by atoms with E-state index < -0.39 is 0 Å². The fourth-order valence-electron chi connectivity index (χ4n) is 2.39. The lowest BCUT2D eigenvalue weighted by Gasteiger charge is -2.04. The summed E-state index contributed by atoms with van der Waals surface area (Å²) in [6.07, 6.45) is 1.42. The fourth-order valence-corrected chi connectivity index (χ4v) is 2.94. The van der Waals surface area contributed by atoms with E-state index in [2.05, 4.69) is 30.9 Å². The Morgan fingerprint density at radius 3 is 2.96 bits per heavy atom. The first-order valence-corrected chi connectivity index (χ1v) is 7.73. The highest BCUT2D eigenvalue weighted by atomic mass is 79.9. The van der Waals surface area contributed by atoms with Crippen LogP contribution >= 0.6 is 27.5 Å². The second kappa shape index (κ2) is 5.07. The van der Waals surface area contributed by atoms with E-state index in [0.717, 1.165) is 9.86 Å². The Bertz CT molecular complexity index is 1140. The molecule has 0 saturated carbocycles. The number of hydrogen-bond donors (Lipinski definition) is 2. The molecule has 3 heterocycles. The fraction of sp³-hybridized carbons (Fsp3) is 0. The molecule has 8 heteroatoms. The summed E-state index contributed by atoms with van der Waals surface area (Å²) < 4.78 is 6.45.